The second-order valence-electron chi connectivity index (χ2n) is 17.1. The zero-order valence-corrected chi connectivity index (χ0v) is 40.1. The van der Waals surface area contributed by atoms with E-state index in [1.807, 2.05) is 49.6 Å². The van der Waals surface area contributed by atoms with Gasteiger partial charge in [-0.05, 0) is 85.2 Å². The summed E-state index contributed by atoms with van der Waals surface area (Å²) in [4.78, 5) is 14.1. The summed E-state index contributed by atoms with van der Waals surface area (Å²) in [6, 6.07) is 11.3. The van der Waals surface area contributed by atoms with Gasteiger partial charge in [-0.1, -0.05) is 26.8 Å². The number of rotatable bonds is 20. The SMILES string of the molecule is COCC[N+](CCCS(=O)(=O)OC)=c1ccc2c(C(C)(C)C)cc(C=CC=C3N(CCCS(=O)(=O)O)c4ccc(S(=O)(=O)O)cc4C3(C)CCCC(=O)Oc3c(F)c(F)cc(F)c3F)oc-2c1. The van der Waals surface area contributed by atoms with Crippen LogP contribution in [-0.4, -0.2) is 92.3 Å². The molecule has 2 aromatic carbocycles. The van der Waals surface area contributed by atoms with E-state index in [1.54, 1.807) is 37.2 Å². The first kappa shape index (κ1) is 53.0. The third-order valence-corrected chi connectivity index (χ3v) is 14.2. The molecule has 0 saturated carbocycles. The summed E-state index contributed by atoms with van der Waals surface area (Å²) < 4.78 is 171. The third kappa shape index (κ3) is 13.2. The lowest BCUT2D eigenvalue weighted by atomic mass is 9.77. The molecular formula is C45H53F4N2O13S3+. The molecule has 1 unspecified atom stereocenters. The number of nitrogens with zero attached hydrogens (tertiary/aromatic N) is 2. The number of carbonyl (C=O) groups excluding carboxylic acids is 1. The number of fused-ring (bicyclic) bond motifs is 2. The van der Waals surface area contributed by atoms with Crippen LogP contribution in [0.3, 0.4) is 0 Å². The topological polar surface area (TPSA) is 207 Å². The molecule has 1 atom stereocenters. The number of allylic oxidation sites excluding steroid dienone is 3. The number of methoxy groups -OCH3 is 1. The summed E-state index contributed by atoms with van der Waals surface area (Å²) in [6.45, 7) is 8.88. The van der Waals surface area contributed by atoms with Crippen LogP contribution < -0.4 is 19.6 Å². The third-order valence-electron chi connectivity index (χ3n) is 11.2. The van der Waals surface area contributed by atoms with Gasteiger partial charge in [-0.2, -0.15) is 34.0 Å². The molecule has 1 aliphatic carbocycles. The van der Waals surface area contributed by atoms with Crippen molar-refractivity contribution in [1.29, 1.82) is 0 Å². The van der Waals surface area contributed by atoms with E-state index >= 15 is 0 Å². The Hall–Kier alpha value is -4.97. The van der Waals surface area contributed by atoms with Gasteiger partial charge < -0.3 is 18.8 Å². The Labute approximate surface area is 387 Å². The van der Waals surface area contributed by atoms with Crippen molar-refractivity contribution in [3.05, 3.63) is 112 Å². The number of benzene rings is 3. The molecule has 67 heavy (non-hydrogen) atoms. The first-order valence-corrected chi connectivity index (χ1v) is 25.5. The Morgan fingerprint density at radius 3 is 2.18 bits per heavy atom. The fourth-order valence-corrected chi connectivity index (χ4v) is 9.56. The van der Waals surface area contributed by atoms with Crippen LogP contribution in [0.5, 0.6) is 5.75 Å². The van der Waals surface area contributed by atoms with E-state index in [2.05, 4.69) is 4.18 Å². The van der Waals surface area contributed by atoms with Crippen molar-refractivity contribution in [1.82, 2.24) is 4.58 Å². The summed E-state index contributed by atoms with van der Waals surface area (Å²) in [7, 11) is -10.2. The van der Waals surface area contributed by atoms with Crippen molar-refractivity contribution in [2.24, 2.45) is 0 Å². The zero-order chi connectivity index (χ0) is 49.7. The lowest BCUT2D eigenvalue weighted by molar-refractivity contribution is -0.135. The van der Waals surface area contributed by atoms with Crippen molar-refractivity contribution < 1.29 is 74.8 Å². The Morgan fingerprint density at radius 1 is 0.881 bits per heavy atom. The van der Waals surface area contributed by atoms with Crippen LogP contribution in [0.25, 0.3) is 17.4 Å². The van der Waals surface area contributed by atoms with Crippen LogP contribution in [0.1, 0.15) is 76.7 Å². The Morgan fingerprint density at radius 2 is 1.57 bits per heavy atom. The highest BCUT2D eigenvalue weighted by Crippen LogP contribution is 2.51. The van der Waals surface area contributed by atoms with Crippen LogP contribution in [-0.2, 0) is 54.9 Å². The van der Waals surface area contributed by atoms with Crippen molar-refractivity contribution in [3.8, 4) is 17.1 Å². The molecule has 2 aromatic rings. The zero-order valence-electron chi connectivity index (χ0n) is 37.6. The molecule has 0 radical (unpaired) electrons. The number of anilines is 1. The van der Waals surface area contributed by atoms with Crippen LogP contribution in [0.15, 0.2) is 75.7 Å². The molecule has 0 spiro atoms. The van der Waals surface area contributed by atoms with Gasteiger partial charge in [0.2, 0.25) is 22.7 Å². The van der Waals surface area contributed by atoms with Gasteiger partial charge in [0.1, 0.15) is 24.7 Å². The fraction of sp³-hybridized carbons (Fsp3) is 0.422. The van der Waals surface area contributed by atoms with Gasteiger partial charge >= 0.3 is 5.97 Å². The van der Waals surface area contributed by atoms with Crippen LogP contribution >= 0.6 is 0 Å². The number of carbonyl (C=O) groups is 1. The predicted molar refractivity (Wildman–Crippen MR) is 241 cm³/mol. The maximum Gasteiger partial charge on any atom is 0.311 e. The molecule has 22 heteroatoms. The normalized spacial score (nSPS) is 16.9. The molecule has 0 fully saturated rings. The average molecular weight is 1000 g/mol. The quantitative estimate of drug-likeness (QED) is 0.0174. The molecule has 3 aliphatic rings. The predicted octanol–water partition coefficient (Wildman–Crippen LogP) is 7.00. The summed E-state index contributed by atoms with van der Waals surface area (Å²) in [5.41, 5.74) is 1.22. The van der Waals surface area contributed by atoms with Crippen molar-refractivity contribution >= 4 is 48.1 Å². The summed E-state index contributed by atoms with van der Waals surface area (Å²) in [6.07, 6.45) is 4.44. The van der Waals surface area contributed by atoms with Crippen molar-refractivity contribution in [3.63, 3.8) is 0 Å². The van der Waals surface area contributed by atoms with Crippen LogP contribution in [0.4, 0.5) is 23.2 Å². The highest BCUT2D eigenvalue weighted by atomic mass is 32.2. The average Bonchev–Trinajstić information content (AvgIpc) is 3.46. The number of hydrogen-bond acceptors (Lipinski definition) is 12. The summed E-state index contributed by atoms with van der Waals surface area (Å²) >= 11 is 0. The van der Waals surface area contributed by atoms with Gasteiger partial charge in [-0.25, -0.2) is 13.4 Å². The molecule has 0 aromatic heterocycles. The molecule has 0 amide bonds. The van der Waals surface area contributed by atoms with Crippen molar-refractivity contribution in [2.75, 3.05) is 56.9 Å². The second-order valence-corrected chi connectivity index (χ2v) is 21.9. The minimum absolute atomic E-state index is 0.0186. The monoisotopic (exact) mass is 1000 g/mol. The highest BCUT2D eigenvalue weighted by molar-refractivity contribution is 7.86. The molecule has 0 saturated heterocycles. The molecule has 2 heterocycles. The fourth-order valence-electron chi connectivity index (χ4n) is 7.91. The van der Waals surface area contributed by atoms with Gasteiger partial charge in [-0.15, -0.1) is 0 Å². The standard InChI is InChI=1S/C45H52F4N2O13S3/c1-44(2,3)33-26-30(63-38-25-29(14-16-32(33)38)50(21-22-61-5)19-9-24-66(56,57)62-6)11-7-12-39-45(4,18-8-13-40(52)64-43-41(48)35(46)28-36(47)42(43)49)34-27-31(67(58,59)60)15-17-37(34)51(39)20-10-23-65(53,54)55/h7,11-12,14-17,25-28H,8-10,13,18-24H2,1-6H3,(H-,53,54,55,58,59,60)/p+1. The largest absolute Gasteiger partial charge is 0.456 e. The molecular weight excluding hydrogens is 949 g/mol. The smallest absolute Gasteiger partial charge is 0.311 e. The highest BCUT2D eigenvalue weighted by Gasteiger charge is 2.44. The van der Waals surface area contributed by atoms with Gasteiger partial charge in [0.05, 0.1) is 29.6 Å². The number of ether oxygens (including phenoxy) is 2. The maximum atomic E-state index is 14.3. The molecule has 15 nitrogen and oxygen atoms in total. The molecule has 0 bridgehead atoms. The second kappa shape index (κ2) is 21.1. The van der Waals surface area contributed by atoms with E-state index in [1.165, 1.54) is 12.1 Å². The lowest BCUT2D eigenvalue weighted by Gasteiger charge is -2.30. The minimum Gasteiger partial charge on any atom is -0.456 e. The first-order chi connectivity index (χ1) is 31.2. The van der Waals surface area contributed by atoms with Crippen LogP contribution in [0, 0.1) is 23.3 Å². The van der Waals surface area contributed by atoms with Gasteiger partial charge in [0, 0.05) is 61.0 Å². The Bertz CT molecular complexity index is 2920. The molecule has 2 N–H and O–H groups in total. The maximum absolute atomic E-state index is 14.3. The lowest BCUT2D eigenvalue weighted by Crippen LogP contribution is -2.34. The minimum atomic E-state index is -4.76. The number of halogens is 4. The molecule has 5 rings (SSSR count). The van der Waals surface area contributed by atoms with E-state index in [4.69, 9.17) is 13.9 Å². The van der Waals surface area contributed by atoms with E-state index in [0.29, 0.717) is 48.2 Å². The first-order valence-electron chi connectivity index (χ1n) is 20.9. The van der Waals surface area contributed by atoms with Crippen molar-refractivity contribution in [2.45, 2.75) is 75.5 Å². The Balaban J connectivity index is 1.60. The van der Waals surface area contributed by atoms with E-state index in [9.17, 15) is 56.7 Å². The van der Waals surface area contributed by atoms with E-state index < -0.39 is 93.2 Å². The van der Waals surface area contributed by atoms with Gasteiger partial charge in [0.15, 0.2) is 18.2 Å². The van der Waals surface area contributed by atoms with Gasteiger partial charge in [0.25, 0.3) is 30.4 Å². The summed E-state index contributed by atoms with van der Waals surface area (Å²) in [5.74, 6) is -10.1. The van der Waals surface area contributed by atoms with E-state index in [0.717, 1.165) is 29.7 Å². The van der Waals surface area contributed by atoms with E-state index in [-0.39, 0.29) is 44.0 Å². The van der Waals surface area contributed by atoms with Gasteiger partial charge in [-0.3, -0.25) is 18.1 Å². The molecule has 366 valence electrons. The number of hydrogen-bond donors (Lipinski definition) is 2. The van der Waals surface area contributed by atoms with Crippen LogP contribution in [0.2, 0.25) is 0 Å². The Kier molecular flexibility index (Phi) is 16.7. The number of esters is 1. The molecule has 2 aliphatic heterocycles. The summed E-state index contributed by atoms with van der Waals surface area (Å²) in [5, 5.41) is 0.734.